The molecule has 1 aliphatic rings. The average Bonchev–Trinajstić information content (AvgIpc) is 3.18. The summed E-state index contributed by atoms with van der Waals surface area (Å²) in [5.74, 6) is -0.438. The molecule has 1 amide bonds. The van der Waals surface area contributed by atoms with Crippen LogP contribution in [0.2, 0.25) is 0 Å². The van der Waals surface area contributed by atoms with Gasteiger partial charge in [-0.2, -0.15) is 10.6 Å². The van der Waals surface area contributed by atoms with Gasteiger partial charge in [-0.1, -0.05) is 54.6 Å². The molecule has 0 radical (unpaired) electrons. The summed E-state index contributed by atoms with van der Waals surface area (Å²) >= 11 is 0. The van der Waals surface area contributed by atoms with Crippen LogP contribution in [-0.4, -0.2) is 72.8 Å². The third kappa shape index (κ3) is 6.16. The molecule has 1 aliphatic heterocycles. The number of amides is 1. The Balaban J connectivity index is 1.59. The predicted molar refractivity (Wildman–Crippen MR) is 145 cm³/mol. The highest BCUT2D eigenvalue weighted by molar-refractivity contribution is 8.25. The summed E-state index contributed by atoms with van der Waals surface area (Å²) in [5, 5.41) is -1.20. The lowest BCUT2D eigenvalue weighted by Gasteiger charge is -2.27. The van der Waals surface area contributed by atoms with E-state index < -0.39 is 25.7 Å². The maximum absolute atomic E-state index is 13.5. The molecule has 0 spiro atoms. The molecule has 0 bridgehead atoms. The molecule has 198 valence electrons. The largest absolute Gasteiger partial charge is 0.483 e. The van der Waals surface area contributed by atoms with E-state index in [0.29, 0.717) is 19.6 Å². The summed E-state index contributed by atoms with van der Waals surface area (Å²) in [6, 6.07) is 22.2. The molecule has 2 N–H and O–H groups in total. The van der Waals surface area contributed by atoms with E-state index in [4.69, 9.17) is 4.74 Å². The SMILES string of the molecule is CN(C)CCN(Cc1ccccc1)C(=O)COc1cccc2c1C(S(=O)(=O)c1ccccc1)CS2(O)O. The number of benzene rings is 3. The summed E-state index contributed by atoms with van der Waals surface area (Å²) < 4.78 is 54.4. The normalized spacial score (nSPS) is 17.3. The Bertz CT molecular complexity index is 1330. The minimum absolute atomic E-state index is 0.0895. The number of ether oxygens (including phenoxy) is 1. The maximum atomic E-state index is 13.5. The molecule has 4 rings (SSSR count). The van der Waals surface area contributed by atoms with Crippen LogP contribution < -0.4 is 4.74 Å². The fourth-order valence-corrected chi connectivity index (χ4v) is 8.74. The van der Waals surface area contributed by atoms with Crippen molar-refractivity contribution in [1.29, 1.82) is 0 Å². The molecule has 0 saturated heterocycles. The molecular formula is C27H32N2O6S2. The van der Waals surface area contributed by atoms with Crippen molar-refractivity contribution in [1.82, 2.24) is 9.80 Å². The smallest absolute Gasteiger partial charge is 0.260 e. The first-order valence-electron chi connectivity index (χ1n) is 11.9. The molecule has 37 heavy (non-hydrogen) atoms. The van der Waals surface area contributed by atoms with Crippen LogP contribution in [0.5, 0.6) is 5.75 Å². The molecule has 3 aromatic carbocycles. The second-order valence-electron chi connectivity index (χ2n) is 9.24. The molecule has 1 atom stereocenters. The highest BCUT2D eigenvalue weighted by Gasteiger charge is 2.45. The number of hydrogen-bond donors (Lipinski definition) is 2. The van der Waals surface area contributed by atoms with E-state index in [2.05, 4.69) is 0 Å². The zero-order valence-electron chi connectivity index (χ0n) is 20.9. The first-order valence-corrected chi connectivity index (χ1v) is 15.1. The van der Waals surface area contributed by atoms with E-state index in [1.54, 1.807) is 35.2 Å². The first-order chi connectivity index (χ1) is 17.6. The fraction of sp³-hybridized carbons (Fsp3) is 0.296. The van der Waals surface area contributed by atoms with Crippen LogP contribution in [0, 0.1) is 0 Å². The van der Waals surface area contributed by atoms with Crippen molar-refractivity contribution in [2.45, 2.75) is 21.6 Å². The average molecular weight is 545 g/mol. The molecule has 0 aliphatic carbocycles. The quantitative estimate of drug-likeness (QED) is 0.392. The van der Waals surface area contributed by atoms with Crippen LogP contribution in [0.25, 0.3) is 0 Å². The molecule has 0 fully saturated rings. The summed E-state index contributed by atoms with van der Waals surface area (Å²) in [6.07, 6.45) is 0. The summed E-state index contributed by atoms with van der Waals surface area (Å²) in [7, 11) is -3.42. The van der Waals surface area contributed by atoms with E-state index in [0.717, 1.165) is 5.56 Å². The Hall–Kier alpha value is -2.89. The predicted octanol–water partition coefficient (Wildman–Crippen LogP) is 4.29. The summed E-state index contributed by atoms with van der Waals surface area (Å²) in [6.45, 7) is 1.25. The van der Waals surface area contributed by atoms with Crippen LogP contribution in [0.3, 0.4) is 0 Å². The van der Waals surface area contributed by atoms with Gasteiger partial charge in [0.1, 0.15) is 11.0 Å². The molecule has 10 heteroatoms. The highest BCUT2D eigenvalue weighted by atomic mass is 32.3. The second kappa shape index (κ2) is 11.2. The zero-order valence-corrected chi connectivity index (χ0v) is 22.5. The monoisotopic (exact) mass is 544 g/mol. The van der Waals surface area contributed by atoms with Crippen molar-refractivity contribution >= 4 is 26.3 Å². The van der Waals surface area contributed by atoms with Gasteiger partial charge in [0, 0.05) is 25.2 Å². The number of rotatable bonds is 10. The van der Waals surface area contributed by atoms with Gasteiger partial charge in [-0.05, 0) is 43.9 Å². The van der Waals surface area contributed by atoms with Gasteiger partial charge >= 0.3 is 0 Å². The molecule has 0 saturated carbocycles. The Morgan fingerprint density at radius 1 is 0.946 bits per heavy atom. The number of hydrogen-bond acceptors (Lipinski definition) is 7. The summed E-state index contributed by atoms with van der Waals surface area (Å²) in [4.78, 5) is 17.2. The van der Waals surface area contributed by atoms with Crippen molar-refractivity contribution in [3.63, 3.8) is 0 Å². The number of carbonyl (C=O) groups is 1. The van der Waals surface area contributed by atoms with E-state index in [9.17, 15) is 22.3 Å². The molecule has 1 unspecified atom stereocenters. The topological polar surface area (TPSA) is 107 Å². The van der Waals surface area contributed by atoms with E-state index >= 15 is 0 Å². The Labute approximate surface area is 219 Å². The Kier molecular flexibility index (Phi) is 8.25. The number of fused-ring (bicyclic) bond motifs is 1. The Morgan fingerprint density at radius 3 is 2.24 bits per heavy atom. The van der Waals surface area contributed by atoms with Gasteiger partial charge in [0.2, 0.25) is 0 Å². The third-order valence-corrected chi connectivity index (χ3v) is 10.4. The van der Waals surface area contributed by atoms with Gasteiger partial charge in [0.05, 0.1) is 15.5 Å². The number of nitrogens with zero attached hydrogens (tertiary/aromatic N) is 2. The number of carbonyl (C=O) groups excluding carboxylic acids is 1. The lowest BCUT2D eigenvalue weighted by Crippen LogP contribution is -2.39. The lowest BCUT2D eigenvalue weighted by atomic mass is 10.1. The van der Waals surface area contributed by atoms with Gasteiger partial charge in [-0.3, -0.25) is 13.9 Å². The fourth-order valence-electron chi connectivity index (χ4n) is 4.30. The second-order valence-corrected chi connectivity index (χ2v) is 13.5. The van der Waals surface area contributed by atoms with E-state index in [1.807, 2.05) is 49.3 Å². The van der Waals surface area contributed by atoms with Gasteiger partial charge in [-0.25, -0.2) is 8.42 Å². The highest BCUT2D eigenvalue weighted by Crippen LogP contribution is 2.63. The third-order valence-electron chi connectivity index (χ3n) is 6.27. The first kappa shape index (κ1) is 27.2. The standard InChI is InChI=1S/C27H32N2O6S2/c1-28(2)16-17-29(18-21-10-5-3-6-11-21)26(30)19-35-23-14-9-15-24-27(23)25(20-36(24,31)32)37(33,34)22-12-7-4-8-13-22/h3-15,25,31-32H,16-20H2,1-2H3. The molecule has 8 nitrogen and oxygen atoms in total. The number of likely N-dealkylation sites (N-methyl/N-ethyl adjacent to an activating group) is 1. The summed E-state index contributed by atoms with van der Waals surface area (Å²) in [5.41, 5.74) is 1.19. The van der Waals surface area contributed by atoms with Crippen LogP contribution >= 0.6 is 10.6 Å². The van der Waals surface area contributed by atoms with Gasteiger partial charge in [-0.15, -0.1) is 0 Å². The lowest BCUT2D eigenvalue weighted by molar-refractivity contribution is -0.134. The maximum Gasteiger partial charge on any atom is 0.260 e. The van der Waals surface area contributed by atoms with Crippen molar-refractivity contribution in [2.75, 3.05) is 39.5 Å². The van der Waals surface area contributed by atoms with Crippen LogP contribution in [0.1, 0.15) is 16.4 Å². The van der Waals surface area contributed by atoms with Gasteiger partial charge in [0.15, 0.2) is 16.4 Å². The van der Waals surface area contributed by atoms with Gasteiger partial charge in [0.25, 0.3) is 5.91 Å². The van der Waals surface area contributed by atoms with Crippen molar-refractivity contribution in [3.8, 4) is 5.75 Å². The molecule has 1 heterocycles. The Morgan fingerprint density at radius 2 is 1.59 bits per heavy atom. The van der Waals surface area contributed by atoms with Crippen LogP contribution in [-0.2, 0) is 21.2 Å². The molecule has 3 aromatic rings. The van der Waals surface area contributed by atoms with E-state index in [1.165, 1.54) is 18.2 Å². The van der Waals surface area contributed by atoms with Crippen molar-refractivity contribution in [2.24, 2.45) is 0 Å². The van der Waals surface area contributed by atoms with E-state index in [-0.39, 0.29) is 39.4 Å². The van der Waals surface area contributed by atoms with Crippen molar-refractivity contribution < 1.29 is 27.1 Å². The van der Waals surface area contributed by atoms with Gasteiger partial charge < -0.3 is 14.5 Å². The van der Waals surface area contributed by atoms with Crippen LogP contribution in [0.4, 0.5) is 0 Å². The zero-order chi connectivity index (χ0) is 26.6. The molecule has 0 aromatic heterocycles. The number of sulfone groups is 1. The van der Waals surface area contributed by atoms with Crippen LogP contribution in [0.15, 0.2) is 88.7 Å². The van der Waals surface area contributed by atoms with Crippen molar-refractivity contribution in [3.05, 3.63) is 90.0 Å². The minimum atomic E-state index is -3.94. The molecular weight excluding hydrogens is 512 g/mol. The minimum Gasteiger partial charge on any atom is -0.483 e.